The maximum absolute atomic E-state index is 4.15. The van der Waals surface area contributed by atoms with Gasteiger partial charge in [0.05, 0.1) is 6.20 Å². The predicted molar refractivity (Wildman–Crippen MR) is 77.0 cm³/mol. The van der Waals surface area contributed by atoms with E-state index in [-0.39, 0.29) is 0 Å². The standard InChI is InChI=1S/C14H16N6/c1-19-10-16-18-14(19)12-4-3-5-13(6-12)15-7-11-8-17-20(2)9-11/h3-6,8-10,15H,7H2,1-2H3. The van der Waals surface area contributed by atoms with Crippen molar-refractivity contribution >= 4 is 5.69 Å². The lowest BCUT2D eigenvalue weighted by Gasteiger charge is -2.07. The zero-order chi connectivity index (χ0) is 13.9. The van der Waals surface area contributed by atoms with E-state index in [1.165, 1.54) is 0 Å². The van der Waals surface area contributed by atoms with Crippen LogP contribution in [0.4, 0.5) is 5.69 Å². The van der Waals surface area contributed by atoms with Crippen LogP contribution in [0.1, 0.15) is 5.56 Å². The fourth-order valence-corrected chi connectivity index (χ4v) is 2.08. The third-order valence-electron chi connectivity index (χ3n) is 3.09. The number of benzene rings is 1. The second-order valence-corrected chi connectivity index (χ2v) is 4.72. The van der Waals surface area contributed by atoms with Gasteiger partial charge in [0.25, 0.3) is 0 Å². The molecule has 2 heterocycles. The highest BCUT2D eigenvalue weighted by Crippen LogP contribution is 2.20. The fourth-order valence-electron chi connectivity index (χ4n) is 2.08. The second-order valence-electron chi connectivity index (χ2n) is 4.72. The summed E-state index contributed by atoms with van der Waals surface area (Å²) in [5, 5.41) is 15.6. The summed E-state index contributed by atoms with van der Waals surface area (Å²) in [7, 11) is 3.85. The van der Waals surface area contributed by atoms with Gasteiger partial charge in [-0.15, -0.1) is 10.2 Å². The van der Waals surface area contributed by atoms with E-state index in [9.17, 15) is 0 Å². The Bertz CT molecular complexity index is 712. The monoisotopic (exact) mass is 268 g/mol. The average molecular weight is 268 g/mol. The molecule has 1 aromatic carbocycles. The summed E-state index contributed by atoms with van der Waals surface area (Å²) in [6, 6.07) is 8.14. The number of nitrogens with one attached hydrogen (secondary N) is 1. The van der Waals surface area contributed by atoms with Gasteiger partial charge < -0.3 is 9.88 Å². The summed E-state index contributed by atoms with van der Waals surface area (Å²) >= 11 is 0. The molecule has 0 saturated heterocycles. The zero-order valence-corrected chi connectivity index (χ0v) is 11.5. The SMILES string of the molecule is Cn1cc(CNc2cccc(-c3nncn3C)c2)cn1. The first-order valence-electron chi connectivity index (χ1n) is 6.38. The van der Waals surface area contributed by atoms with Crippen LogP contribution >= 0.6 is 0 Å². The molecular weight excluding hydrogens is 252 g/mol. The molecule has 0 saturated carbocycles. The highest BCUT2D eigenvalue weighted by atomic mass is 15.2. The molecule has 0 aliphatic rings. The summed E-state index contributed by atoms with van der Waals surface area (Å²) in [6.07, 6.45) is 5.56. The van der Waals surface area contributed by atoms with Crippen molar-refractivity contribution in [1.29, 1.82) is 0 Å². The average Bonchev–Trinajstić information content (AvgIpc) is 3.05. The molecule has 0 radical (unpaired) electrons. The van der Waals surface area contributed by atoms with E-state index >= 15 is 0 Å². The van der Waals surface area contributed by atoms with Gasteiger partial charge in [0.1, 0.15) is 6.33 Å². The first-order chi connectivity index (χ1) is 9.72. The van der Waals surface area contributed by atoms with Crippen molar-refractivity contribution in [2.75, 3.05) is 5.32 Å². The third-order valence-corrected chi connectivity index (χ3v) is 3.09. The molecule has 0 unspecified atom stereocenters. The lowest BCUT2D eigenvalue weighted by molar-refractivity contribution is 0.767. The van der Waals surface area contributed by atoms with Gasteiger partial charge in [0.2, 0.25) is 0 Å². The summed E-state index contributed by atoms with van der Waals surface area (Å²) in [6.45, 7) is 0.746. The van der Waals surface area contributed by atoms with E-state index in [4.69, 9.17) is 0 Å². The molecule has 0 atom stereocenters. The van der Waals surface area contributed by atoms with Gasteiger partial charge in [-0.05, 0) is 12.1 Å². The number of aromatic nitrogens is 5. The van der Waals surface area contributed by atoms with Crippen molar-refractivity contribution in [3.8, 4) is 11.4 Å². The smallest absolute Gasteiger partial charge is 0.163 e. The molecule has 0 aliphatic heterocycles. The highest BCUT2D eigenvalue weighted by molar-refractivity contribution is 5.62. The van der Waals surface area contributed by atoms with Crippen molar-refractivity contribution in [3.05, 3.63) is 48.5 Å². The molecule has 20 heavy (non-hydrogen) atoms. The Morgan fingerprint density at radius 2 is 2.15 bits per heavy atom. The van der Waals surface area contributed by atoms with E-state index in [0.717, 1.165) is 29.2 Å². The first-order valence-corrected chi connectivity index (χ1v) is 6.38. The van der Waals surface area contributed by atoms with E-state index in [1.807, 2.05) is 49.3 Å². The number of nitrogens with zero attached hydrogens (tertiary/aromatic N) is 5. The maximum atomic E-state index is 4.15. The number of aryl methyl sites for hydroxylation is 2. The number of hydrogen-bond donors (Lipinski definition) is 1. The minimum Gasteiger partial charge on any atom is -0.381 e. The van der Waals surface area contributed by atoms with Gasteiger partial charge in [-0.1, -0.05) is 12.1 Å². The lowest BCUT2D eigenvalue weighted by atomic mass is 10.2. The summed E-state index contributed by atoms with van der Waals surface area (Å²) < 4.78 is 3.70. The zero-order valence-electron chi connectivity index (χ0n) is 11.5. The van der Waals surface area contributed by atoms with Crippen molar-refractivity contribution in [2.24, 2.45) is 14.1 Å². The predicted octanol–water partition coefficient (Wildman–Crippen LogP) is 1.83. The van der Waals surface area contributed by atoms with Crippen LogP contribution in [0, 0.1) is 0 Å². The van der Waals surface area contributed by atoms with Crippen molar-refractivity contribution in [1.82, 2.24) is 24.5 Å². The van der Waals surface area contributed by atoms with E-state index in [2.05, 4.69) is 26.7 Å². The molecule has 6 heteroatoms. The van der Waals surface area contributed by atoms with Crippen LogP contribution in [0.3, 0.4) is 0 Å². The summed E-state index contributed by atoms with van der Waals surface area (Å²) in [5.41, 5.74) is 3.24. The van der Waals surface area contributed by atoms with Crippen molar-refractivity contribution in [3.63, 3.8) is 0 Å². The molecule has 0 amide bonds. The third kappa shape index (κ3) is 2.54. The quantitative estimate of drug-likeness (QED) is 0.784. The molecule has 3 aromatic rings. The van der Waals surface area contributed by atoms with Crippen LogP contribution in [0.25, 0.3) is 11.4 Å². The maximum Gasteiger partial charge on any atom is 0.163 e. The van der Waals surface area contributed by atoms with Crippen molar-refractivity contribution < 1.29 is 0 Å². The van der Waals surface area contributed by atoms with Crippen molar-refractivity contribution in [2.45, 2.75) is 6.54 Å². The van der Waals surface area contributed by atoms with Gasteiger partial charge in [-0.3, -0.25) is 4.68 Å². The molecule has 102 valence electrons. The Morgan fingerprint density at radius 3 is 2.85 bits per heavy atom. The minimum atomic E-state index is 0.746. The molecule has 0 spiro atoms. The van der Waals surface area contributed by atoms with Crippen LogP contribution in [0.5, 0.6) is 0 Å². The van der Waals surface area contributed by atoms with Crippen LogP contribution in [-0.2, 0) is 20.6 Å². The van der Waals surface area contributed by atoms with Gasteiger partial charge in [0.15, 0.2) is 5.82 Å². The van der Waals surface area contributed by atoms with E-state index < -0.39 is 0 Å². The fraction of sp³-hybridized carbons (Fsp3) is 0.214. The largest absolute Gasteiger partial charge is 0.381 e. The second kappa shape index (κ2) is 5.16. The van der Waals surface area contributed by atoms with Crippen LogP contribution in [-0.4, -0.2) is 24.5 Å². The number of rotatable bonds is 4. The molecule has 3 rings (SSSR count). The Kier molecular flexibility index (Phi) is 3.20. The number of anilines is 1. The molecule has 6 nitrogen and oxygen atoms in total. The first kappa shape index (κ1) is 12.4. The number of hydrogen-bond acceptors (Lipinski definition) is 4. The Labute approximate surface area is 117 Å². The minimum absolute atomic E-state index is 0.746. The molecule has 1 N–H and O–H groups in total. The van der Waals surface area contributed by atoms with Crippen LogP contribution < -0.4 is 5.32 Å². The Hall–Kier alpha value is -2.63. The lowest BCUT2D eigenvalue weighted by Crippen LogP contribution is -1.99. The summed E-state index contributed by atoms with van der Waals surface area (Å²) in [4.78, 5) is 0. The molecule has 0 aliphatic carbocycles. The highest BCUT2D eigenvalue weighted by Gasteiger charge is 2.05. The van der Waals surface area contributed by atoms with Crippen LogP contribution in [0.15, 0.2) is 43.0 Å². The van der Waals surface area contributed by atoms with E-state index in [1.54, 1.807) is 11.0 Å². The van der Waals surface area contributed by atoms with Gasteiger partial charge >= 0.3 is 0 Å². The van der Waals surface area contributed by atoms with E-state index in [0.29, 0.717) is 0 Å². The van der Waals surface area contributed by atoms with Gasteiger partial charge in [-0.25, -0.2) is 0 Å². The molecule has 0 bridgehead atoms. The van der Waals surface area contributed by atoms with Crippen LogP contribution in [0.2, 0.25) is 0 Å². The normalized spacial score (nSPS) is 10.7. The van der Waals surface area contributed by atoms with Gasteiger partial charge in [-0.2, -0.15) is 5.10 Å². The summed E-state index contributed by atoms with van der Waals surface area (Å²) in [5.74, 6) is 0.857. The topological polar surface area (TPSA) is 60.6 Å². The van der Waals surface area contributed by atoms with Gasteiger partial charge in [0, 0.05) is 43.7 Å². The Morgan fingerprint density at radius 1 is 1.25 bits per heavy atom. The molecule has 0 fully saturated rings. The molecule has 2 aromatic heterocycles. The Balaban J connectivity index is 1.76. The molecular formula is C14H16N6.